The highest BCUT2D eigenvalue weighted by atomic mass is 35.5. The Morgan fingerprint density at radius 3 is 2.75 bits per heavy atom. The molecule has 0 aliphatic carbocycles. The Morgan fingerprint density at radius 2 is 1.95 bits per heavy atom. The third kappa shape index (κ3) is 2.40. The van der Waals surface area contributed by atoms with Crippen LogP contribution in [0.25, 0.3) is 11.6 Å². The molecule has 1 N–H and O–H groups in total. The summed E-state index contributed by atoms with van der Waals surface area (Å²) in [6, 6.07) is 12.7. The van der Waals surface area contributed by atoms with Gasteiger partial charge in [-0.15, -0.1) is 0 Å². The molecule has 0 spiro atoms. The van der Waals surface area contributed by atoms with Gasteiger partial charge in [-0.05, 0) is 35.9 Å². The summed E-state index contributed by atoms with van der Waals surface area (Å²) >= 11 is 6.01. The van der Waals surface area contributed by atoms with Crippen molar-refractivity contribution in [1.82, 2.24) is 0 Å². The van der Waals surface area contributed by atoms with Gasteiger partial charge in [-0.2, -0.15) is 0 Å². The molecule has 0 fully saturated rings. The van der Waals surface area contributed by atoms with Crippen LogP contribution in [0.2, 0.25) is 5.02 Å². The van der Waals surface area contributed by atoms with E-state index < -0.39 is 5.97 Å². The van der Waals surface area contributed by atoms with Crippen LogP contribution in [0, 0.1) is 0 Å². The van der Waals surface area contributed by atoms with E-state index >= 15 is 0 Å². The highest BCUT2D eigenvalue weighted by Gasteiger charge is 2.18. The number of carboxylic acids is 1. The lowest BCUT2D eigenvalue weighted by atomic mass is 10.00. The normalized spacial score (nSPS) is 12.6. The molecule has 1 aliphatic heterocycles. The molecule has 0 aromatic heterocycles. The van der Waals surface area contributed by atoms with E-state index in [-0.39, 0.29) is 6.42 Å². The zero-order chi connectivity index (χ0) is 14.1. The molecule has 1 aliphatic rings. The van der Waals surface area contributed by atoms with Crippen LogP contribution in [0.1, 0.15) is 17.5 Å². The van der Waals surface area contributed by atoms with E-state index in [9.17, 15) is 4.79 Å². The van der Waals surface area contributed by atoms with Gasteiger partial charge in [0.2, 0.25) is 0 Å². The van der Waals surface area contributed by atoms with E-state index in [0.29, 0.717) is 22.1 Å². The lowest BCUT2D eigenvalue weighted by molar-refractivity contribution is -0.135. The number of halogens is 1. The van der Waals surface area contributed by atoms with Crippen molar-refractivity contribution in [3.63, 3.8) is 0 Å². The molecule has 100 valence electrons. The van der Waals surface area contributed by atoms with Gasteiger partial charge < -0.3 is 9.84 Å². The van der Waals surface area contributed by atoms with Gasteiger partial charge in [0.15, 0.2) is 0 Å². The number of para-hydroxylation sites is 1. The van der Waals surface area contributed by atoms with E-state index in [2.05, 4.69) is 0 Å². The fourth-order valence-corrected chi connectivity index (χ4v) is 2.40. The van der Waals surface area contributed by atoms with Gasteiger partial charge in [0, 0.05) is 16.1 Å². The molecule has 0 atom stereocenters. The van der Waals surface area contributed by atoms with Crippen LogP contribution in [-0.4, -0.2) is 11.1 Å². The maximum atomic E-state index is 11.1. The fourth-order valence-electron chi connectivity index (χ4n) is 2.23. The molecular formula is C16H11ClO3. The molecule has 20 heavy (non-hydrogen) atoms. The maximum Gasteiger partial charge on any atom is 0.307 e. The summed E-state index contributed by atoms with van der Waals surface area (Å²) in [5, 5.41) is 9.64. The molecule has 0 unspecified atom stereocenters. The number of hydrogen-bond acceptors (Lipinski definition) is 2. The van der Waals surface area contributed by atoms with Crippen molar-refractivity contribution in [2.75, 3.05) is 0 Å². The second-order valence-electron chi connectivity index (χ2n) is 4.52. The van der Waals surface area contributed by atoms with Gasteiger partial charge in [-0.1, -0.05) is 29.8 Å². The van der Waals surface area contributed by atoms with Gasteiger partial charge in [-0.3, -0.25) is 4.79 Å². The molecule has 2 aromatic rings. The smallest absolute Gasteiger partial charge is 0.307 e. The number of fused-ring (bicyclic) bond motifs is 2. The van der Waals surface area contributed by atoms with E-state index in [1.165, 1.54) is 0 Å². The number of ether oxygens (including phenoxy) is 1. The highest BCUT2D eigenvalue weighted by Crippen LogP contribution is 2.40. The van der Waals surface area contributed by atoms with Crippen molar-refractivity contribution in [3.05, 3.63) is 58.6 Å². The monoisotopic (exact) mass is 286 g/mol. The van der Waals surface area contributed by atoms with Gasteiger partial charge in [0.1, 0.15) is 11.5 Å². The first-order chi connectivity index (χ1) is 9.63. The fraction of sp³-hybridized carbons (Fsp3) is 0.0625. The Bertz CT molecular complexity index is 719. The van der Waals surface area contributed by atoms with Crippen molar-refractivity contribution in [2.45, 2.75) is 6.42 Å². The number of rotatable bonds is 2. The minimum atomic E-state index is -0.887. The SMILES string of the molecule is O=C(O)CC1=Cc2ccccc2Oc2ccc(Cl)cc21. The predicted octanol–water partition coefficient (Wildman–Crippen LogP) is 4.46. The molecule has 0 saturated heterocycles. The summed E-state index contributed by atoms with van der Waals surface area (Å²) in [6.07, 6.45) is 1.76. The molecule has 4 heteroatoms. The molecule has 1 heterocycles. The summed E-state index contributed by atoms with van der Waals surface area (Å²) in [5.41, 5.74) is 2.26. The second kappa shape index (κ2) is 5.02. The topological polar surface area (TPSA) is 46.5 Å². The van der Waals surface area contributed by atoms with Crippen LogP contribution in [0.3, 0.4) is 0 Å². The lowest BCUT2D eigenvalue weighted by Gasteiger charge is -2.10. The number of carboxylic acid groups (broad SMARTS) is 1. The maximum absolute atomic E-state index is 11.1. The summed E-state index contributed by atoms with van der Waals surface area (Å²) in [4.78, 5) is 11.1. The molecule has 0 radical (unpaired) electrons. The number of carbonyl (C=O) groups is 1. The quantitative estimate of drug-likeness (QED) is 0.886. The van der Waals surface area contributed by atoms with Gasteiger partial charge in [0.05, 0.1) is 6.42 Å². The van der Waals surface area contributed by atoms with Crippen LogP contribution < -0.4 is 4.74 Å². The minimum absolute atomic E-state index is 0.0783. The third-order valence-corrected chi connectivity index (χ3v) is 3.33. The predicted molar refractivity (Wildman–Crippen MR) is 78.1 cm³/mol. The Balaban J connectivity index is 2.21. The van der Waals surface area contributed by atoms with Gasteiger partial charge in [0.25, 0.3) is 0 Å². The molecule has 3 nitrogen and oxygen atoms in total. The largest absolute Gasteiger partial charge is 0.481 e. The first-order valence-electron chi connectivity index (χ1n) is 6.12. The number of hydrogen-bond donors (Lipinski definition) is 1. The zero-order valence-corrected chi connectivity index (χ0v) is 11.2. The van der Waals surface area contributed by atoms with Crippen LogP contribution in [-0.2, 0) is 4.79 Å². The third-order valence-electron chi connectivity index (χ3n) is 3.10. The van der Waals surface area contributed by atoms with E-state index in [4.69, 9.17) is 21.4 Å². The van der Waals surface area contributed by atoms with Crippen molar-refractivity contribution < 1.29 is 14.6 Å². The summed E-state index contributed by atoms with van der Waals surface area (Å²) in [7, 11) is 0. The summed E-state index contributed by atoms with van der Waals surface area (Å²) in [5.74, 6) is 0.435. The average Bonchev–Trinajstić information content (AvgIpc) is 2.55. The van der Waals surface area contributed by atoms with Crippen LogP contribution in [0.5, 0.6) is 11.5 Å². The number of benzene rings is 2. The molecule has 0 bridgehead atoms. The standard InChI is InChI=1S/C16H11ClO3/c17-12-5-6-15-13(9-12)11(8-16(18)19)7-10-3-1-2-4-14(10)20-15/h1-7,9H,8H2,(H,18,19). The van der Waals surface area contributed by atoms with Crippen molar-refractivity contribution >= 4 is 29.2 Å². The average molecular weight is 287 g/mol. The molecule has 3 rings (SSSR count). The van der Waals surface area contributed by atoms with E-state index in [1.54, 1.807) is 18.2 Å². The Labute approximate surface area is 121 Å². The lowest BCUT2D eigenvalue weighted by Crippen LogP contribution is -1.97. The summed E-state index contributed by atoms with van der Waals surface area (Å²) in [6.45, 7) is 0. The van der Waals surface area contributed by atoms with E-state index in [0.717, 1.165) is 11.1 Å². The molecule has 2 aromatic carbocycles. The van der Waals surface area contributed by atoms with Crippen LogP contribution in [0.4, 0.5) is 0 Å². The zero-order valence-electron chi connectivity index (χ0n) is 10.5. The first kappa shape index (κ1) is 12.8. The molecule has 0 amide bonds. The van der Waals surface area contributed by atoms with Crippen molar-refractivity contribution in [1.29, 1.82) is 0 Å². The highest BCUT2D eigenvalue weighted by molar-refractivity contribution is 6.30. The van der Waals surface area contributed by atoms with Crippen molar-refractivity contribution in [3.8, 4) is 11.5 Å². The Kier molecular flexibility index (Phi) is 3.20. The summed E-state index contributed by atoms with van der Waals surface area (Å²) < 4.78 is 5.87. The van der Waals surface area contributed by atoms with Gasteiger partial charge in [-0.25, -0.2) is 0 Å². The van der Waals surface area contributed by atoms with E-state index in [1.807, 2.05) is 30.3 Å². The van der Waals surface area contributed by atoms with Crippen LogP contribution >= 0.6 is 11.6 Å². The van der Waals surface area contributed by atoms with Gasteiger partial charge >= 0.3 is 5.97 Å². The van der Waals surface area contributed by atoms with Crippen molar-refractivity contribution in [2.24, 2.45) is 0 Å². The second-order valence-corrected chi connectivity index (χ2v) is 4.96. The Hall–Kier alpha value is -2.26. The molecular weight excluding hydrogens is 276 g/mol. The molecule has 0 saturated carbocycles. The first-order valence-corrected chi connectivity index (χ1v) is 6.50. The minimum Gasteiger partial charge on any atom is -0.481 e. The number of aliphatic carboxylic acids is 1. The van der Waals surface area contributed by atoms with Crippen LogP contribution in [0.15, 0.2) is 42.5 Å². The Morgan fingerprint density at radius 1 is 1.15 bits per heavy atom.